The Bertz CT molecular complexity index is 573. The van der Waals surface area contributed by atoms with Gasteiger partial charge in [-0.2, -0.15) is 0 Å². The average Bonchev–Trinajstić information content (AvgIpc) is 3.14. The summed E-state index contributed by atoms with van der Waals surface area (Å²) in [6, 6.07) is 3.63. The summed E-state index contributed by atoms with van der Waals surface area (Å²) in [5.74, 6) is 3.67. The number of ether oxygens (including phenoxy) is 1. The summed E-state index contributed by atoms with van der Waals surface area (Å²) >= 11 is 0. The molecule has 2 aliphatic rings. The van der Waals surface area contributed by atoms with E-state index in [1.807, 2.05) is 6.07 Å². The number of nitrogens with zero attached hydrogens (tertiary/aromatic N) is 1. The van der Waals surface area contributed by atoms with Gasteiger partial charge in [0.15, 0.2) is 0 Å². The molecular weight excluding hydrogens is 280 g/mol. The lowest BCUT2D eigenvalue weighted by Gasteiger charge is -2.54. The molecule has 3 rings (SSSR count). The predicted molar refractivity (Wildman–Crippen MR) is 81.9 cm³/mol. The third-order valence-corrected chi connectivity index (χ3v) is 4.88. The molecule has 1 aliphatic heterocycles. The third kappa shape index (κ3) is 2.48. The van der Waals surface area contributed by atoms with E-state index >= 15 is 0 Å². The first-order valence-electron chi connectivity index (χ1n) is 7.67. The van der Waals surface area contributed by atoms with E-state index in [4.69, 9.17) is 15.6 Å². The number of urea groups is 1. The number of amides is 2. The molecule has 1 saturated heterocycles. The van der Waals surface area contributed by atoms with E-state index in [1.54, 1.807) is 17.2 Å². The Kier molecular flexibility index (Phi) is 3.88. The van der Waals surface area contributed by atoms with E-state index in [9.17, 15) is 4.79 Å². The monoisotopic (exact) mass is 302 g/mol. The summed E-state index contributed by atoms with van der Waals surface area (Å²) in [7, 11) is 0. The molecule has 0 aromatic carbocycles. The number of terminal acetylenes is 1. The van der Waals surface area contributed by atoms with Crippen molar-refractivity contribution in [1.82, 2.24) is 10.2 Å². The Labute approximate surface area is 131 Å². The highest BCUT2D eigenvalue weighted by Gasteiger charge is 2.59. The highest BCUT2D eigenvalue weighted by Crippen LogP contribution is 2.52. The second-order valence-corrected chi connectivity index (χ2v) is 6.63. The zero-order valence-corrected chi connectivity index (χ0v) is 13.0. The van der Waals surface area contributed by atoms with Gasteiger partial charge >= 0.3 is 6.03 Å². The van der Waals surface area contributed by atoms with E-state index in [-0.39, 0.29) is 30.1 Å². The van der Waals surface area contributed by atoms with Gasteiger partial charge in [0, 0.05) is 24.0 Å². The predicted octanol–water partition coefficient (Wildman–Crippen LogP) is 2.24. The van der Waals surface area contributed by atoms with Crippen molar-refractivity contribution in [1.29, 1.82) is 0 Å². The zero-order valence-electron chi connectivity index (χ0n) is 13.0. The van der Waals surface area contributed by atoms with Crippen LogP contribution in [0, 0.1) is 23.7 Å². The van der Waals surface area contributed by atoms with Crippen molar-refractivity contribution in [3.05, 3.63) is 24.2 Å². The topological polar surface area (TPSA) is 54.7 Å². The first kappa shape index (κ1) is 15.0. The van der Waals surface area contributed by atoms with E-state index in [0.29, 0.717) is 12.5 Å². The summed E-state index contributed by atoms with van der Waals surface area (Å²) in [4.78, 5) is 14.2. The molecule has 1 aromatic rings. The van der Waals surface area contributed by atoms with E-state index < -0.39 is 0 Å². The van der Waals surface area contributed by atoms with E-state index in [1.165, 1.54) is 0 Å². The van der Waals surface area contributed by atoms with Crippen LogP contribution in [0.25, 0.3) is 0 Å². The van der Waals surface area contributed by atoms with Crippen LogP contribution in [0.5, 0.6) is 0 Å². The number of rotatable bonds is 4. The van der Waals surface area contributed by atoms with Gasteiger partial charge < -0.3 is 19.4 Å². The molecule has 1 aromatic heterocycles. The van der Waals surface area contributed by atoms with Crippen LogP contribution in [0.4, 0.5) is 4.79 Å². The highest BCUT2D eigenvalue weighted by atomic mass is 16.5. The normalized spacial score (nSPS) is 28.3. The maximum absolute atomic E-state index is 12.6. The summed E-state index contributed by atoms with van der Waals surface area (Å²) in [5, 5.41) is 3.15. The quantitative estimate of drug-likeness (QED) is 0.868. The van der Waals surface area contributed by atoms with Gasteiger partial charge in [-0.05, 0) is 18.6 Å². The molecule has 2 fully saturated rings. The van der Waals surface area contributed by atoms with Gasteiger partial charge in [-0.1, -0.05) is 19.8 Å². The van der Waals surface area contributed by atoms with Gasteiger partial charge in [-0.3, -0.25) is 0 Å². The second kappa shape index (κ2) is 5.69. The molecule has 1 saturated carbocycles. The second-order valence-electron chi connectivity index (χ2n) is 6.63. The van der Waals surface area contributed by atoms with Crippen LogP contribution in [0.3, 0.4) is 0 Å². The molecule has 2 amide bonds. The van der Waals surface area contributed by atoms with Crippen LogP contribution in [0.15, 0.2) is 22.8 Å². The molecule has 1 N–H and O–H groups in total. The third-order valence-electron chi connectivity index (χ3n) is 4.88. The molecule has 0 spiro atoms. The molecule has 1 aliphatic carbocycles. The van der Waals surface area contributed by atoms with Crippen LogP contribution in [-0.2, 0) is 11.3 Å². The van der Waals surface area contributed by atoms with Crippen LogP contribution < -0.4 is 5.32 Å². The average molecular weight is 302 g/mol. The van der Waals surface area contributed by atoms with Gasteiger partial charge in [-0.15, -0.1) is 6.42 Å². The fraction of sp³-hybridized carbons (Fsp3) is 0.588. The largest absolute Gasteiger partial charge is 0.467 e. The first-order chi connectivity index (χ1) is 10.5. The van der Waals surface area contributed by atoms with Crippen LogP contribution in [0.2, 0.25) is 0 Å². The van der Waals surface area contributed by atoms with Gasteiger partial charge in [0.05, 0.1) is 25.5 Å². The fourth-order valence-corrected chi connectivity index (χ4v) is 3.74. The molecule has 3 unspecified atom stereocenters. The van der Waals surface area contributed by atoms with Crippen molar-refractivity contribution >= 4 is 6.03 Å². The summed E-state index contributed by atoms with van der Waals surface area (Å²) < 4.78 is 11.1. The molecular formula is C17H22N2O3. The first-order valence-corrected chi connectivity index (χ1v) is 7.67. The van der Waals surface area contributed by atoms with Crippen LogP contribution in [-0.4, -0.2) is 36.2 Å². The number of carbonyl (C=O) groups is 1. The Morgan fingerprint density at radius 3 is 3.09 bits per heavy atom. The van der Waals surface area contributed by atoms with Crippen molar-refractivity contribution in [3.8, 4) is 12.3 Å². The van der Waals surface area contributed by atoms with Crippen molar-refractivity contribution in [3.63, 3.8) is 0 Å². The molecule has 2 heterocycles. The number of fused-ring (bicyclic) bond motifs is 1. The number of hydrogen-bond acceptors (Lipinski definition) is 3. The SMILES string of the molecule is C#CCN(Cc1ccco1)C(=O)NC1C2CCOC2C1(C)C. The molecule has 0 radical (unpaired) electrons. The van der Waals surface area contributed by atoms with Gasteiger partial charge in [0.2, 0.25) is 0 Å². The maximum Gasteiger partial charge on any atom is 0.318 e. The minimum atomic E-state index is -0.141. The Balaban J connectivity index is 1.65. The zero-order chi connectivity index (χ0) is 15.7. The Morgan fingerprint density at radius 2 is 2.41 bits per heavy atom. The lowest BCUT2D eigenvalue weighted by molar-refractivity contribution is -0.109. The van der Waals surface area contributed by atoms with Crippen molar-refractivity contribution in [2.75, 3.05) is 13.2 Å². The summed E-state index contributed by atoms with van der Waals surface area (Å²) in [6.07, 6.45) is 8.24. The Hall–Kier alpha value is -1.93. The molecule has 22 heavy (non-hydrogen) atoms. The summed E-state index contributed by atoms with van der Waals surface area (Å²) in [6.45, 7) is 5.70. The van der Waals surface area contributed by atoms with Crippen LogP contribution >= 0.6 is 0 Å². The number of hydrogen-bond donors (Lipinski definition) is 1. The van der Waals surface area contributed by atoms with Gasteiger partial charge in [0.1, 0.15) is 5.76 Å². The standard InChI is InChI=1S/C17H22N2O3/c1-4-8-19(11-12-6-5-9-21-12)16(20)18-14-13-7-10-22-15(13)17(14,2)3/h1,5-6,9,13-15H,7-8,10-11H2,2-3H3,(H,18,20). The molecule has 5 nitrogen and oxygen atoms in total. The smallest absolute Gasteiger partial charge is 0.318 e. The Morgan fingerprint density at radius 1 is 1.59 bits per heavy atom. The van der Waals surface area contributed by atoms with Gasteiger partial charge in [0.25, 0.3) is 0 Å². The minimum Gasteiger partial charge on any atom is -0.467 e. The number of furan rings is 1. The van der Waals surface area contributed by atoms with Crippen molar-refractivity contribution in [2.45, 2.75) is 39.0 Å². The van der Waals surface area contributed by atoms with Crippen molar-refractivity contribution in [2.24, 2.45) is 11.3 Å². The van der Waals surface area contributed by atoms with Crippen LogP contribution in [0.1, 0.15) is 26.0 Å². The minimum absolute atomic E-state index is 0.0384. The number of carbonyl (C=O) groups excluding carboxylic acids is 1. The maximum atomic E-state index is 12.6. The molecule has 118 valence electrons. The van der Waals surface area contributed by atoms with E-state index in [2.05, 4.69) is 25.1 Å². The molecule has 0 bridgehead atoms. The van der Waals surface area contributed by atoms with Crippen molar-refractivity contribution < 1.29 is 13.9 Å². The lowest BCUT2D eigenvalue weighted by atomic mass is 9.57. The highest BCUT2D eigenvalue weighted by molar-refractivity contribution is 5.75. The van der Waals surface area contributed by atoms with Gasteiger partial charge in [-0.25, -0.2) is 4.79 Å². The lowest BCUT2D eigenvalue weighted by Crippen LogP contribution is -2.67. The van der Waals surface area contributed by atoms with E-state index in [0.717, 1.165) is 18.8 Å². The summed E-state index contributed by atoms with van der Waals surface area (Å²) in [5.41, 5.74) is -0.0384. The number of nitrogens with one attached hydrogen (secondary N) is 1. The molecule has 5 heteroatoms. The fourth-order valence-electron chi connectivity index (χ4n) is 3.74. The molecule has 3 atom stereocenters.